The molecule has 1 rings (SSSR count). The molecule has 2 N–H and O–H groups in total. The third kappa shape index (κ3) is 9.08. The van der Waals surface area contributed by atoms with Gasteiger partial charge in [0.1, 0.15) is 11.6 Å². The predicted molar refractivity (Wildman–Crippen MR) is 105 cm³/mol. The number of amides is 2. The summed E-state index contributed by atoms with van der Waals surface area (Å²) in [6.45, 7) is 7.11. The molecule has 0 saturated heterocycles. The number of benzene rings is 1. The quantitative estimate of drug-likeness (QED) is 0.446. The van der Waals surface area contributed by atoms with Crippen LogP contribution in [0.5, 0.6) is 0 Å². The van der Waals surface area contributed by atoms with Crippen LogP contribution < -0.4 is 10.6 Å². The van der Waals surface area contributed by atoms with Crippen LogP contribution in [-0.4, -0.2) is 25.0 Å². The van der Waals surface area contributed by atoms with E-state index in [-0.39, 0.29) is 24.8 Å². The zero-order chi connectivity index (χ0) is 20.2. The van der Waals surface area contributed by atoms with Gasteiger partial charge in [-0.1, -0.05) is 36.4 Å². The van der Waals surface area contributed by atoms with Gasteiger partial charge in [0.15, 0.2) is 6.61 Å². The monoisotopic (exact) mass is 412 g/mol. The molecular formula is C19H19Cl2FN2O3. The molecule has 0 heterocycles. The summed E-state index contributed by atoms with van der Waals surface area (Å²) in [4.78, 5) is 23.7. The molecule has 0 unspecified atom stereocenters. The van der Waals surface area contributed by atoms with E-state index in [1.54, 1.807) is 24.3 Å². The number of carbonyl (C=O) groups excluding carboxylic acids is 2. The van der Waals surface area contributed by atoms with Crippen LogP contribution in [-0.2, 0) is 9.53 Å². The summed E-state index contributed by atoms with van der Waals surface area (Å²) in [5.74, 6) is -1.39. The van der Waals surface area contributed by atoms with Gasteiger partial charge < -0.3 is 15.4 Å². The second-order valence-electron chi connectivity index (χ2n) is 5.20. The summed E-state index contributed by atoms with van der Waals surface area (Å²) >= 11 is 11.0. The first kappa shape index (κ1) is 22.5. The average Bonchev–Trinajstić information content (AvgIpc) is 2.65. The Labute approximate surface area is 167 Å². The van der Waals surface area contributed by atoms with Gasteiger partial charge in [-0.2, -0.15) is 0 Å². The van der Waals surface area contributed by atoms with Crippen molar-refractivity contribution in [1.82, 2.24) is 10.6 Å². The lowest BCUT2D eigenvalue weighted by atomic mass is 10.2. The molecule has 1 aromatic rings. The highest BCUT2D eigenvalue weighted by Crippen LogP contribution is 2.10. The third-order valence-electron chi connectivity index (χ3n) is 3.10. The molecule has 0 spiro atoms. The van der Waals surface area contributed by atoms with E-state index in [1.165, 1.54) is 6.08 Å². The van der Waals surface area contributed by atoms with Gasteiger partial charge in [0, 0.05) is 40.9 Å². The van der Waals surface area contributed by atoms with Crippen molar-refractivity contribution >= 4 is 35.0 Å². The van der Waals surface area contributed by atoms with Gasteiger partial charge >= 0.3 is 0 Å². The molecule has 0 bridgehead atoms. The zero-order valence-corrected chi connectivity index (χ0v) is 15.9. The maximum atomic E-state index is 13.0. The van der Waals surface area contributed by atoms with Crippen molar-refractivity contribution in [1.29, 1.82) is 0 Å². The first-order valence-corrected chi connectivity index (χ1v) is 8.61. The Hall–Kier alpha value is -2.57. The molecule has 2 amide bonds. The maximum Gasteiger partial charge on any atom is 0.257 e. The highest BCUT2D eigenvalue weighted by atomic mass is 35.5. The van der Waals surface area contributed by atoms with Crippen LogP contribution >= 0.6 is 23.2 Å². The lowest BCUT2D eigenvalue weighted by molar-refractivity contribution is -0.124. The fourth-order valence-corrected chi connectivity index (χ4v) is 1.97. The predicted octanol–water partition coefficient (Wildman–Crippen LogP) is 4.23. The summed E-state index contributed by atoms with van der Waals surface area (Å²) in [6, 6.07) is 6.41. The average molecular weight is 413 g/mol. The van der Waals surface area contributed by atoms with Gasteiger partial charge in [0.2, 0.25) is 0 Å². The minimum Gasteiger partial charge on any atom is -0.484 e. The first-order chi connectivity index (χ1) is 12.8. The van der Waals surface area contributed by atoms with Gasteiger partial charge in [-0.25, -0.2) is 4.39 Å². The van der Waals surface area contributed by atoms with Crippen LogP contribution in [0.1, 0.15) is 16.8 Å². The van der Waals surface area contributed by atoms with Gasteiger partial charge in [0.05, 0.1) is 0 Å². The highest BCUT2D eigenvalue weighted by molar-refractivity contribution is 6.30. The summed E-state index contributed by atoms with van der Waals surface area (Å²) < 4.78 is 18.1. The van der Waals surface area contributed by atoms with Crippen LogP contribution in [0.3, 0.4) is 0 Å². The Kier molecular flexibility index (Phi) is 9.93. The van der Waals surface area contributed by atoms with E-state index in [9.17, 15) is 14.0 Å². The first-order valence-electron chi connectivity index (χ1n) is 7.80. The second kappa shape index (κ2) is 11.9. The molecule has 8 heteroatoms. The summed E-state index contributed by atoms with van der Waals surface area (Å²) in [7, 11) is 0. The number of hydrogen-bond acceptors (Lipinski definition) is 3. The molecule has 0 radical (unpaired) electrons. The molecule has 1 aromatic carbocycles. The van der Waals surface area contributed by atoms with E-state index < -0.39 is 11.7 Å². The van der Waals surface area contributed by atoms with Crippen LogP contribution in [0, 0.1) is 0 Å². The minimum absolute atomic E-state index is 0.0687. The lowest BCUT2D eigenvalue weighted by Gasteiger charge is -2.10. The number of allylic oxidation sites excluding steroid dienone is 3. The Morgan fingerprint density at radius 1 is 1.26 bits per heavy atom. The second-order valence-corrected chi connectivity index (χ2v) is 5.85. The van der Waals surface area contributed by atoms with Gasteiger partial charge in [-0.05, 0) is 30.3 Å². The Bertz CT molecular complexity index is 759. The van der Waals surface area contributed by atoms with Crippen molar-refractivity contribution < 1.29 is 18.7 Å². The fraction of sp³-hybridized carbons (Fsp3) is 0.158. The van der Waals surface area contributed by atoms with Crippen molar-refractivity contribution in [2.45, 2.75) is 6.42 Å². The lowest BCUT2D eigenvalue weighted by Crippen LogP contribution is -2.30. The molecule has 0 fully saturated rings. The van der Waals surface area contributed by atoms with E-state index in [1.807, 2.05) is 0 Å². The van der Waals surface area contributed by atoms with E-state index in [0.717, 1.165) is 11.6 Å². The maximum absolute atomic E-state index is 13.0. The number of hydrogen-bond donors (Lipinski definition) is 2. The van der Waals surface area contributed by atoms with Crippen LogP contribution in [0.4, 0.5) is 4.39 Å². The molecule has 0 saturated carbocycles. The molecule has 0 aliphatic heterocycles. The number of rotatable bonds is 10. The van der Waals surface area contributed by atoms with Crippen LogP contribution in [0.2, 0.25) is 5.02 Å². The molecule has 5 nitrogen and oxygen atoms in total. The topological polar surface area (TPSA) is 67.4 Å². The molecule has 0 aliphatic carbocycles. The van der Waals surface area contributed by atoms with E-state index >= 15 is 0 Å². The van der Waals surface area contributed by atoms with E-state index in [2.05, 4.69) is 23.8 Å². The standard InChI is InChI=1S/C19H19Cl2FN2O3/c1-3-17(10-16(22)11-20)27-12-18(25)23-9-8-13(2)24-19(26)14-4-6-15(21)7-5-14/h3-7,10-11H,1-2,8-9,12H2,(H,23,25)(H,24,26)/b16-11-,17-10+. The van der Waals surface area contributed by atoms with Gasteiger partial charge in [-0.3, -0.25) is 9.59 Å². The summed E-state index contributed by atoms with van der Waals surface area (Å²) in [5, 5.41) is 5.76. The summed E-state index contributed by atoms with van der Waals surface area (Å²) in [6.07, 6.45) is 2.58. The molecule has 0 atom stereocenters. The van der Waals surface area contributed by atoms with Gasteiger partial charge in [-0.15, -0.1) is 0 Å². The number of nitrogens with one attached hydrogen (secondary N) is 2. The van der Waals surface area contributed by atoms with Crippen molar-refractivity contribution in [2.75, 3.05) is 13.2 Å². The normalized spacial score (nSPS) is 11.5. The molecule has 144 valence electrons. The molecule has 0 aliphatic rings. The Morgan fingerprint density at radius 2 is 1.93 bits per heavy atom. The van der Waals surface area contributed by atoms with Crippen molar-refractivity contribution in [3.05, 3.63) is 83.0 Å². The molecule has 0 aromatic heterocycles. The number of carbonyl (C=O) groups is 2. The SMILES string of the molecule is C=C/C(=C\C(F)=C\Cl)OCC(=O)NCCC(=C)NC(=O)c1ccc(Cl)cc1. The number of halogens is 3. The smallest absolute Gasteiger partial charge is 0.257 e. The summed E-state index contributed by atoms with van der Waals surface area (Å²) in [5.41, 5.74) is 1.62. The van der Waals surface area contributed by atoms with E-state index in [0.29, 0.717) is 22.7 Å². The number of ether oxygens (including phenoxy) is 1. The minimum atomic E-state index is -0.722. The van der Waals surface area contributed by atoms with Crippen molar-refractivity contribution in [2.24, 2.45) is 0 Å². The Balaban J connectivity index is 2.33. The largest absolute Gasteiger partial charge is 0.484 e. The van der Waals surface area contributed by atoms with Crippen LogP contribution in [0.25, 0.3) is 0 Å². The zero-order valence-electron chi connectivity index (χ0n) is 14.4. The van der Waals surface area contributed by atoms with Crippen molar-refractivity contribution in [3.8, 4) is 0 Å². The van der Waals surface area contributed by atoms with Gasteiger partial charge in [0.25, 0.3) is 11.8 Å². The third-order valence-corrected chi connectivity index (χ3v) is 3.56. The van der Waals surface area contributed by atoms with Crippen molar-refractivity contribution in [3.63, 3.8) is 0 Å². The van der Waals surface area contributed by atoms with Crippen LogP contribution in [0.15, 0.2) is 72.4 Å². The fourth-order valence-electron chi connectivity index (χ4n) is 1.78. The molecule has 27 heavy (non-hydrogen) atoms. The highest BCUT2D eigenvalue weighted by Gasteiger charge is 2.08. The Morgan fingerprint density at radius 3 is 2.52 bits per heavy atom. The molecular weight excluding hydrogens is 394 g/mol. The van der Waals surface area contributed by atoms with E-state index in [4.69, 9.17) is 27.9 Å².